The van der Waals surface area contributed by atoms with E-state index in [1.54, 1.807) is 15.6 Å². The first-order chi connectivity index (χ1) is 6.65. The molecule has 74 valence electrons. The number of nitrogens with two attached hydrogens (primary N) is 1. The Morgan fingerprint density at radius 2 is 2.29 bits per heavy atom. The highest BCUT2D eigenvalue weighted by atomic mass is 35.5. The molecular formula is C8H10ClN5. The molecule has 2 aromatic rings. The van der Waals surface area contributed by atoms with Gasteiger partial charge < -0.3 is 5.73 Å². The minimum Gasteiger partial charge on any atom is -0.381 e. The van der Waals surface area contributed by atoms with E-state index < -0.39 is 0 Å². The molecule has 0 unspecified atom stereocenters. The summed E-state index contributed by atoms with van der Waals surface area (Å²) in [6.07, 6.45) is 3.56. The van der Waals surface area contributed by atoms with E-state index in [1.807, 2.05) is 19.3 Å². The van der Waals surface area contributed by atoms with Crippen molar-refractivity contribution in [1.82, 2.24) is 19.6 Å². The van der Waals surface area contributed by atoms with Crippen LogP contribution in [-0.4, -0.2) is 19.6 Å². The maximum absolute atomic E-state index is 5.77. The molecule has 2 aromatic heterocycles. The predicted molar refractivity (Wildman–Crippen MR) is 54.0 cm³/mol. The van der Waals surface area contributed by atoms with Gasteiger partial charge in [-0.05, 0) is 6.07 Å². The smallest absolute Gasteiger partial charge is 0.164 e. The number of hydrogen-bond donors (Lipinski definition) is 1. The fourth-order valence-corrected chi connectivity index (χ4v) is 1.36. The van der Waals surface area contributed by atoms with Gasteiger partial charge in [0.2, 0.25) is 0 Å². The van der Waals surface area contributed by atoms with Crippen LogP contribution in [0.1, 0.15) is 5.69 Å². The molecule has 2 rings (SSSR count). The SMILES string of the molecule is Cn1ccc(Cn2cc(Cl)c(N)n2)n1. The third-order valence-corrected chi connectivity index (χ3v) is 2.13. The van der Waals surface area contributed by atoms with Gasteiger partial charge in [-0.3, -0.25) is 9.36 Å². The third kappa shape index (κ3) is 1.72. The van der Waals surface area contributed by atoms with Crippen molar-refractivity contribution in [3.05, 3.63) is 29.2 Å². The molecule has 2 N–H and O–H groups in total. The maximum Gasteiger partial charge on any atom is 0.164 e. The standard InChI is InChI=1S/C8H10ClN5/c1-13-3-2-6(11-13)4-14-5-7(9)8(10)12-14/h2-3,5H,4H2,1H3,(H2,10,12). The molecule has 0 fully saturated rings. The Kier molecular flexibility index (Phi) is 2.17. The van der Waals surface area contributed by atoms with E-state index in [0.717, 1.165) is 5.69 Å². The molecule has 0 radical (unpaired) electrons. The maximum atomic E-state index is 5.77. The van der Waals surface area contributed by atoms with Gasteiger partial charge in [-0.15, -0.1) is 0 Å². The highest BCUT2D eigenvalue weighted by Crippen LogP contribution is 2.15. The zero-order valence-corrected chi connectivity index (χ0v) is 8.44. The van der Waals surface area contributed by atoms with Crippen LogP contribution in [0.2, 0.25) is 5.02 Å². The Morgan fingerprint density at radius 3 is 2.79 bits per heavy atom. The van der Waals surface area contributed by atoms with Gasteiger partial charge in [0, 0.05) is 19.4 Å². The molecule has 6 heteroatoms. The second kappa shape index (κ2) is 3.34. The highest BCUT2D eigenvalue weighted by molar-refractivity contribution is 6.32. The van der Waals surface area contributed by atoms with Crippen LogP contribution in [0.5, 0.6) is 0 Å². The molecule has 0 amide bonds. The van der Waals surface area contributed by atoms with Crippen molar-refractivity contribution in [3.8, 4) is 0 Å². The van der Waals surface area contributed by atoms with Crippen LogP contribution in [-0.2, 0) is 13.6 Å². The second-order valence-corrected chi connectivity index (χ2v) is 3.45. The van der Waals surface area contributed by atoms with Gasteiger partial charge in [-0.1, -0.05) is 11.6 Å². The number of aromatic nitrogens is 4. The first-order valence-corrected chi connectivity index (χ1v) is 4.50. The van der Waals surface area contributed by atoms with Crippen molar-refractivity contribution < 1.29 is 0 Å². The summed E-state index contributed by atoms with van der Waals surface area (Å²) in [7, 11) is 1.87. The lowest BCUT2D eigenvalue weighted by atomic mass is 10.4. The summed E-state index contributed by atoms with van der Waals surface area (Å²) >= 11 is 5.77. The summed E-state index contributed by atoms with van der Waals surface area (Å²) in [4.78, 5) is 0. The summed E-state index contributed by atoms with van der Waals surface area (Å²) in [6.45, 7) is 0.581. The molecule has 0 saturated heterocycles. The average Bonchev–Trinajstić information content (AvgIpc) is 2.62. The minimum absolute atomic E-state index is 0.350. The van der Waals surface area contributed by atoms with Crippen LogP contribution in [0.4, 0.5) is 5.82 Å². The van der Waals surface area contributed by atoms with Crippen LogP contribution < -0.4 is 5.73 Å². The van der Waals surface area contributed by atoms with Crippen LogP contribution in [0.15, 0.2) is 18.5 Å². The fourth-order valence-electron chi connectivity index (χ4n) is 1.21. The van der Waals surface area contributed by atoms with E-state index in [1.165, 1.54) is 0 Å². The summed E-state index contributed by atoms with van der Waals surface area (Å²) in [5.41, 5.74) is 6.43. The number of rotatable bonds is 2. The lowest BCUT2D eigenvalue weighted by molar-refractivity contribution is 0.652. The van der Waals surface area contributed by atoms with Crippen LogP contribution in [0.25, 0.3) is 0 Å². The number of aryl methyl sites for hydroxylation is 1. The van der Waals surface area contributed by atoms with E-state index in [4.69, 9.17) is 17.3 Å². The van der Waals surface area contributed by atoms with Gasteiger partial charge in [0.15, 0.2) is 5.82 Å². The second-order valence-electron chi connectivity index (χ2n) is 3.04. The third-order valence-electron chi connectivity index (χ3n) is 1.84. The predicted octanol–water partition coefficient (Wildman–Crippen LogP) is 0.901. The Hall–Kier alpha value is -1.49. The van der Waals surface area contributed by atoms with Crippen molar-refractivity contribution in [2.45, 2.75) is 6.54 Å². The quantitative estimate of drug-likeness (QED) is 0.803. The van der Waals surface area contributed by atoms with Gasteiger partial charge in [-0.2, -0.15) is 10.2 Å². The Morgan fingerprint density at radius 1 is 1.50 bits per heavy atom. The zero-order valence-electron chi connectivity index (χ0n) is 7.68. The molecule has 0 atom stereocenters. The fraction of sp³-hybridized carbons (Fsp3) is 0.250. The molecule has 0 aliphatic rings. The Balaban J connectivity index is 2.18. The molecule has 0 saturated carbocycles. The van der Waals surface area contributed by atoms with Gasteiger partial charge >= 0.3 is 0 Å². The molecule has 2 heterocycles. The van der Waals surface area contributed by atoms with E-state index in [9.17, 15) is 0 Å². The van der Waals surface area contributed by atoms with Crippen molar-refractivity contribution >= 4 is 17.4 Å². The van der Waals surface area contributed by atoms with E-state index >= 15 is 0 Å². The van der Waals surface area contributed by atoms with Gasteiger partial charge in [0.25, 0.3) is 0 Å². The lowest BCUT2D eigenvalue weighted by Gasteiger charge is -1.95. The van der Waals surface area contributed by atoms with E-state index in [0.29, 0.717) is 17.4 Å². The van der Waals surface area contributed by atoms with Crippen molar-refractivity contribution in [2.24, 2.45) is 7.05 Å². The number of anilines is 1. The summed E-state index contributed by atoms with van der Waals surface area (Å²) in [5.74, 6) is 0.350. The van der Waals surface area contributed by atoms with Crippen LogP contribution in [0.3, 0.4) is 0 Å². The van der Waals surface area contributed by atoms with Gasteiger partial charge in [0.1, 0.15) is 5.02 Å². The molecule has 14 heavy (non-hydrogen) atoms. The number of nitrogens with zero attached hydrogens (tertiary/aromatic N) is 4. The van der Waals surface area contributed by atoms with Crippen molar-refractivity contribution in [3.63, 3.8) is 0 Å². The van der Waals surface area contributed by atoms with E-state index in [2.05, 4.69) is 10.2 Å². The van der Waals surface area contributed by atoms with Crippen molar-refractivity contribution in [1.29, 1.82) is 0 Å². The first-order valence-electron chi connectivity index (χ1n) is 4.12. The molecule has 5 nitrogen and oxygen atoms in total. The average molecular weight is 212 g/mol. The molecule has 0 aromatic carbocycles. The monoisotopic (exact) mass is 211 g/mol. The number of hydrogen-bond acceptors (Lipinski definition) is 3. The summed E-state index contributed by atoms with van der Waals surface area (Å²) in [5, 5.41) is 8.72. The minimum atomic E-state index is 0.350. The van der Waals surface area contributed by atoms with Gasteiger partial charge in [0.05, 0.1) is 12.2 Å². The molecular weight excluding hydrogens is 202 g/mol. The molecule has 0 aliphatic carbocycles. The van der Waals surface area contributed by atoms with Crippen LogP contribution in [0, 0.1) is 0 Å². The number of nitrogen functional groups attached to an aromatic ring is 1. The van der Waals surface area contributed by atoms with Gasteiger partial charge in [-0.25, -0.2) is 0 Å². The first kappa shape index (κ1) is 9.08. The summed E-state index contributed by atoms with van der Waals surface area (Å²) < 4.78 is 3.41. The molecule has 0 spiro atoms. The van der Waals surface area contributed by atoms with Crippen molar-refractivity contribution in [2.75, 3.05) is 5.73 Å². The summed E-state index contributed by atoms with van der Waals surface area (Å²) in [6, 6.07) is 1.92. The number of halogens is 1. The molecule has 0 bridgehead atoms. The Labute approximate surface area is 86.1 Å². The lowest BCUT2D eigenvalue weighted by Crippen LogP contribution is -2.02. The zero-order chi connectivity index (χ0) is 10.1. The largest absolute Gasteiger partial charge is 0.381 e. The van der Waals surface area contributed by atoms with Crippen LogP contribution >= 0.6 is 11.6 Å². The highest BCUT2D eigenvalue weighted by Gasteiger charge is 2.04. The molecule has 0 aliphatic heterocycles. The van der Waals surface area contributed by atoms with E-state index in [-0.39, 0.29) is 0 Å². The Bertz CT molecular complexity index is 425. The normalized spacial score (nSPS) is 10.7. The topological polar surface area (TPSA) is 61.7 Å².